The zero-order valence-electron chi connectivity index (χ0n) is 10.9. The number of halogens is 5. The summed E-state index contributed by atoms with van der Waals surface area (Å²) in [4.78, 5) is 0. The highest BCUT2D eigenvalue weighted by molar-refractivity contribution is 4.85. The zero-order valence-corrected chi connectivity index (χ0v) is 10.9. The molecule has 0 amide bonds. The topological polar surface area (TPSA) is 38.7 Å². The lowest BCUT2D eigenvalue weighted by Gasteiger charge is -2.35. The molecule has 0 aliphatic heterocycles. The Morgan fingerprint density at radius 3 is 1.89 bits per heavy atom. The average molecular weight is 294 g/mol. The zero-order chi connectivity index (χ0) is 15.2. The minimum atomic E-state index is -5.96. The molecule has 0 aliphatic carbocycles. The van der Waals surface area contributed by atoms with E-state index in [-0.39, 0.29) is 6.42 Å². The van der Waals surface area contributed by atoms with Crippen LogP contribution in [0.15, 0.2) is 0 Å². The van der Waals surface area contributed by atoms with Crippen LogP contribution in [0.3, 0.4) is 0 Å². The lowest BCUT2D eigenvalue weighted by Crippen LogP contribution is -2.60. The normalized spacial score (nSPS) is 16.4. The van der Waals surface area contributed by atoms with Gasteiger partial charge in [-0.2, -0.15) is 22.0 Å². The average Bonchev–Trinajstić information content (AvgIpc) is 2.27. The molecule has 116 valence electrons. The van der Waals surface area contributed by atoms with Crippen molar-refractivity contribution >= 4 is 0 Å². The Kier molecular flexibility index (Phi) is 7.17. The minimum absolute atomic E-state index is 0.261. The maximum atomic E-state index is 13.1. The molecule has 1 atom stereocenters. The number of hydrogen-bond donors (Lipinski definition) is 1. The van der Waals surface area contributed by atoms with E-state index in [0.29, 0.717) is 6.42 Å². The SMILES string of the molecule is CCCCCCOC(O)(OCC)C(F)(F)C(F)(F)F. The van der Waals surface area contributed by atoms with Gasteiger partial charge < -0.3 is 14.6 Å². The van der Waals surface area contributed by atoms with Crippen LogP contribution in [0.2, 0.25) is 0 Å². The molecule has 1 unspecified atom stereocenters. The Hall–Kier alpha value is -0.470. The number of unbranched alkanes of at least 4 members (excludes halogenated alkanes) is 3. The van der Waals surface area contributed by atoms with Crippen LogP contribution < -0.4 is 0 Å². The van der Waals surface area contributed by atoms with Crippen molar-refractivity contribution in [2.75, 3.05) is 13.2 Å². The Labute approximate surface area is 108 Å². The fraction of sp³-hybridized carbons (Fsp3) is 1.00. The predicted molar refractivity (Wildman–Crippen MR) is 57.7 cm³/mol. The van der Waals surface area contributed by atoms with E-state index >= 15 is 0 Å². The molecule has 0 bridgehead atoms. The van der Waals surface area contributed by atoms with Crippen molar-refractivity contribution in [1.29, 1.82) is 0 Å². The van der Waals surface area contributed by atoms with E-state index in [4.69, 9.17) is 0 Å². The van der Waals surface area contributed by atoms with Crippen molar-refractivity contribution in [1.82, 2.24) is 0 Å². The third-order valence-corrected chi connectivity index (χ3v) is 2.39. The predicted octanol–water partition coefficient (Wildman–Crippen LogP) is 3.46. The molecular weight excluding hydrogens is 275 g/mol. The monoisotopic (exact) mass is 294 g/mol. The summed E-state index contributed by atoms with van der Waals surface area (Å²) in [5, 5.41) is 9.32. The Bertz CT molecular complexity index is 257. The number of alkyl halides is 5. The Balaban J connectivity index is 4.66. The van der Waals surface area contributed by atoms with Gasteiger partial charge in [-0.25, -0.2) is 0 Å². The molecule has 0 aliphatic rings. The van der Waals surface area contributed by atoms with Crippen LogP contribution in [-0.2, 0) is 9.47 Å². The van der Waals surface area contributed by atoms with Gasteiger partial charge in [0.1, 0.15) is 0 Å². The number of rotatable bonds is 9. The third kappa shape index (κ3) is 4.85. The van der Waals surface area contributed by atoms with Crippen LogP contribution in [0.1, 0.15) is 39.5 Å². The third-order valence-electron chi connectivity index (χ3n) is 2.39. The minimum Gasteiger partial charge on any atom is -0.338 e. The number of hydrogen-bond acceptors (Lipinski definition) is 3. The van der Waals surface area contributed by atoms with Crippen LogP contribution >= 0.6 is 0 Å². The molecule has 0 aromatic rings. The molecule has 0 spiro atoms. The lowest BCUT2D eigenvalue weighted by atomic mass is 10.2. The molecule has 19 heavy (non-hydrogen) atoms. The van der Waals surface area contributed by atoms with Gasteiger partial charge >= 0.3 is 18.1 Å². The van der Waals surface area contributed by atoms with Crippen LogP contribution in [0.4, 0.5) is 22.0 Å². The summed E-state index contributed by atoms with van der Waals surface area (Å²) < 4.78 is 71.2. The van der Waals surface area contributed by atoms with Gasteiger partial charge in [-0.3, -0.25) is 0 Å². The van der Waals surface area contributed by atoms with E-state index in [2.05, 4.69) is 9.47 Å². The van der Waals surface area contributed by atoms with E-state index in [0.717, 1.165) is 12.8 Å². The molecule has 3 nitrogen and oxygen atoms in total. The van der Waals surface area contributed by atoms with Crippen molar-refractivity contribution < 1.29 is 36.5 Å². The lowest BCUT2D eigenvalue weighted by molar-refractivity contribution is -0.485. The molecule has 1 N–H and O–H groups in total. The molecule has 0 aromatic carbocycles. The Morgan fingerprint density at radius 2 is 1.47 bits per heavy atom. The summed E-state index contributed by atoms with van der Waals surface area (Å²) in [5.74, 6) is -9.48. The highest BCUT2D eigenvalue weighted by atomic mass is 19.4. The molecular formula is C11H19F5O3. The molecule has 8 heteroatoms. The van der Waals surface area contributed by atoms with Crippen LogP contribution in [0.25, 0.3) is 0 Å². The van der Waals surface area contributed by atoms with Crippen molar-refractivity contribution in [3.63, 3.8) is 0 Å². The molecule has 0 aromatic heterocycles. The van der Waals surface area contributed by atoms with Gasteiger partial charge in [0.2, 0.25) is 0 Å². The highest BCUT2D eigenvalue weighted by Crippen LogP contribution is 2.44. The second kappa shape index (κ2) is 7.35. The summed E-state index contributed by atoms with van der Waals surface area (Å²) in [6, 6.07) is 0. The largest absolute Gasteiger partial charge is 0.462 e. The van der Waals surface area contributed by atoms with Gasteiger partial charge in [0.05, 0.1) is 6.61 Å². The van der Waals surface area contributed by atoms with Crippen molar-refractivity contribution in [3.8, 4) is 0 Å². The van der Waals surface area contributed by atoms with E-state index in [9.17, 15) is 27.1 Å². The first kappa shape index (κ1) is 18.5. The first-order valence-electron chi connectivity index (χ1n) is 6.07. The standard InChI is InChI=1S/C11H19F5O3/c1-3-5-6-7-8-19-11(17,18-4-2)9(12,13)10(14,15)16/h17H,3-8H2,1-2H3. The van der Waals surface area contributed by atoms with Crippen molar-refractivity contribution in [2.24, 2.45) is 0 Å². The van der Waals surface area contributed by atoms with Crippen molar-refractivity contribution in [3.05, 3.63) is 0 Å². The van der Waals surface area contributed by atoms with Gasteiger partial charge in [0, 0.05) is 6.61 Å². The number of aliphatic hydroxyl groups is 1. The summed E-state index contributed by atoms with van der Waals surface area (Å²) in [6.07, 6.45) is -3.42. The van der Waals surface area contributed by atoms with Gasteiger partial charge in [0.15, 0.2) is 0 Å². The quantitative estimate of drug-likeness (QED) is 0.402. The second-order valence-corrected chi connectivity index (χ2v) is 4.00. The van der Waals surface area contributed by atoms with Gasteiger partial charge in [-0.1, -0.05) is 26.2 Å². The summed E-state index contributed by atoms with van der Waals surface area (Å²) in [5.41, 5.74) is 0. The maximum absolute atomic E-state index is 13.1. The van der Waals surface area contributed by atoms with E-state index < -0.39 is 31.3 Å². The maximum Gasteiger partial charge on any atom is 0.462 e. The van der Waals surface area contributed by atoms with Gasteiger partial charge in [-0.15, -0.1) is 0 Å². The van der Waals surface area contributed by atoms with Crippen LogP contribution in [0, 0.1) is 0 Å². The summed E-state index contributed by atoms with van der Waals surface area (Å²) >= 11 is 0. The van der Waals surface area contributed by atoms with E-state index in [1.807, 2.05) is 6.92 Å². The van der Waals surface area contributed by atoms with Crippen LogP contribution in [-0.4, -0.2) is 36.4 Å². The van der Waals surface area contributed by atoms with E-state index in [1.165, 1.54) is 6.92 Å². The van der Waals surface area contributed by atoms with E-state index in [1.54, 1.807) is 0 Å². The number of ether oxygens (including phenoxy) is 2. The molecule has 0 fully saturated rings. The van der Waals surface area contributed by atoms with Crippen molar-refractivity contribution in [2.45, 2.75) is 57.6 Å². The second-order valence-electron chi connectivity index (χ2n) is 4.00. The molecule has 0 saturated heterocycles. The molecule has 0 heterocycles. The fourth-order valence-electron chi connectivity index (χ4n) is 1.34. The Morgan fingerprint density at radius 1 is 0.895 bits per heavy atom. The molecule has 0 saturated carbocycles. The van der Waals surface area contributed by atoms with Gasteiger partial charge in [-0.05, 0) is 13.3 Å². The smallest absolute Gasteiger partial charge is 0.338 e. The summed E-state index contributed by atoms with van der Waals surface area (Å²) in [6.45, 7) is 2.10. The molecule has 0 radical (unpaired) electrons. The summed E-state index contributed by atoms with van der Waals surface area (Å²) in [7, 11) is 0. The highest BCUT2D eigenvalue weighted by Gasteiger charge is 2.73. The molecule has 0 rings (SSSR count). The van der Waals surface area contributed by atoms with Crippen LogP contribution in [0.5, 0.6) is 0 Å². The first-order chi connectivity index (χ1) is 8.62. The fourth-order valence-corrected chi connectivity index (χ4v) is 1.34. The van der Waals surface area contributed by atoms with Gasteiger partial charge in [0.25, 0.3) is 0 Å². The first-order valence-corrected chi connectivity index (χ1v) is 6.07.